The fourth-order valence-corrected chi connectivity index (χ4v) is 4.57. The lowest BCUT2D eigenvalue weighted by Gasteiger charge is -2.40. The van der Waals surface area contributed by atoms with Gasteiger partial charge in [0.1, 0.15) is 11.5 Å². The molecule has 0 aliphatic carbocycles. The summed E-state index contributed by atoms with van der Waals surface area (Å²) < 4.78 is 16.8. The zero-order chi connectivity index (χ0) is 22.3. The van der Waals surface area contributed by atoms with Gasteiger partial charge in [-0.25, -0.2) is 4.57 Å². The Kier molecular flexibility index (Phi) is 14.3. The van der Waals surface area contributed by atoms with Crippen LogP contribution in [0.2, 0.25) is 0 Å². The zero-order valence-electron chi connectivity index (χ0n) is 18.5. The highest BCUT2D eigenvalue weighted by molar-refractivity contribution is 7.46. The molecular weight excluding hydrogens is 391 g/mol. The summed E-state index contributed by atoms with van der Waals surface area (Å²) in [5, 5.41) is 17.3. The van der Waals surface area contributed by atoms with Crippen LogP contribution in [0.1, 0.15) is 91.9 Å². The molecule has 4 N–H and O–H groups in total. The number of aromatic hydroxyl groups is 2. The van der Waals surface area contributed by atoms with Crippen LogP contribution in [0.25, 0.3) is 0 Å². The lowest BCUT2D eigenvalue weighted by molar-refractivity contribution is -0.0340. The highest BCUT2D eigenvalue weighted by atomic mass is 31.2. The minimum absolute atomic E-state index is 0.0880. The monoisotopic (exact) mass is 432 g/mol. The molecule has 0 saturated carbocycles. The van der Waals surface area contributed by atoms with Gasteiger partial charge in [0, 0.05) is 6.07 Å². The van der Waals surface area contributed by atoms with Crippen LogP contribution in [0.5, 0.6) is 11.5 Å². The lowest BCUT2D eigenvalue weighted by atomic mass is 9.77. The summed E-state index contributed by atoms with van der Waals surface area (Å²) in [5.74, 6) is 0.395. The summed E-state index contributed by atoms with van der Waals surface area (Å²) in [6.07, 6.45) is 9.88. The first-order valence-corrected chi connectivity index (χ1v) is 12.4. The molecule has 0 heterocycles. The Hall–Kier alpha value is -1.07. The molecule has 0 aliphatic heterocycles. The third kappa shape index (κ3) is 12.3. The number of phenols is 2. The van der Waals surface area contributed by atoms with Gasteiger partial charge in [-0.1, -0.05) is 78.7 Å². The van der Waals surface area contributed by atoms with E-state index in [1.54, 1.807) is 6.07 Å². The van der Waals surface area contributed by atoms with E-state index in [1.165, 1.54) is 24.6 Å². The molecule has 0 fully saturated rings. The highest BCUT2D eigenvalue weighted by Crippen LogP contribution is 2.49. The Morgan fingerprint density at radius 3 is 1.93 bits per heavy atom. The van der Waals surface area contributed by atoms with Crippen molar-refractivity contribution >= 4 is 7.82 Å². The normalized spacial score (nSPS) is 14.6. The number of phosphoric ester groups is 1. The number of unbranched alkanes of at least 4 members (excludes halogenated alkanes) is 4. The Morgan fingerprint density at radius 1 is 0.966 bits per heavy atom. The van der Waals surface area contributed by atoms with E-state index < -0.39 is 13.4 Å². The van der Waals surface area contributed by atoms with E-state index in [2.05, 4.69) is 20.8 Å². The fourth-order valence-electron chi connectivity index (χ4n) is 3.72. The maximum atomic E-state index is 11.5. The molecule has 0 aromatic heterocycles. The summed E-state index contributed by atoms with van der Waals surface area (Å²) in [4.78, 5) is 18.7. The molecule has 0 aliphatic rings. The maximum Gasteiger partial charge on any atom is 0.470 e. The van der Waals surface area contributed by atoms with Crippen molar-refractivity contribution < 1.29 is 29.1 Å². The lowest BCUT2D eigenvalue weighted by Crippen LogP contribution is -2.39. The highest BCUT2D eigenvalue weighted by Gasteiger charge is 2.41. The Balaban J connectivity index is 0.000000807. The molecular formula is C22H41O6P. The maximum absolute atomic E-state index is 11.5. The second-order valence-corrected chi connectivity index (χ2v) is 8.74. The minimum atomic E-state index is -4.46. The summed E-state index contributed by atoms with van der Waals surface area (Å²) >= 11 is 0. The number of phosphoric acid groups is 1. The van der Waals surface area contributed by atoms with Gasteiger partial charge in [0.05, 0.1) is 5.60 Å². The van der Waals surface area contributed by atoms with Crippen molar-refractivity contribution in [1.29, 1.82) is 0 Å². The SMILES string of the molecule is CCCCCCC(CC)(OP(=O)(O)O)C(CC)CCCC.Oc1cccc(O)c1. The van der Waals surface area contributed by atoms with Gasteiger partial charge in [-0.05, 0) is 37.3 Å². The average molecular weight is 433 g/mol. The smallest absolute Gasteiger partial charge is 0.470 e. The van der Waals surface area contributed by atoms with Gasteiger partial charge in [0.15, 0.2) is 0 Å². The van der Waals surface area contributed by atoms with Gasteiger partial charge in [-0.3, -0.25) is 4.52 Å². The third-order valence-electron chi connectivity index (χ3n) is 5.33. The molecule has 1 aromatic rings. The van der Waals surface area contributed by atoms with Crippen molar-refractivity contribution in [2.24, 2.45) is 5.92 Å². The standard InChI is InChI=1S/C16H35O4P.C6H6O2/c1-5-9-11-12-14-16(8-4,20-21(17,18)19)15(7-3)13-10-6-2;7-5-2-1-3-6(8)4-5/h15H,5-14H2,1-4H3,(H2,17,18,19);1-4,7-8H. The molecule has 0 radical (unpaired) electrons. The van der Waals surface area contributed by atoms with E-state index in [0.717, 1.165) is 51.4 Å². The van der Waals surface area contributed by atoms with Crippen molar-refractivity contribution in [3.63, 3.8) is 0 Å². The molecule has 7 heteroatoms. The first-order chi connectivity index (χ1) is 13.6. The number of benzene rings is 1. The Bertz CT molecular complexity index is 571. The fraction of sp³-hybridized carbons (Fsp3) is 0.727. The molecule has 0 amide bonds. The third-order valence-corrected chi connectivity index (χ3v) is 5.93. The number of phenolic OH excluding ortho intramolecular Hbond substituents is 2. The van der Waals surface area contributed by atoms with Crippen LogP contribution < -0.4 is 0 Å². The molecule has 2 unspecified atom stereocenters. The molecule has 0 saturated heterocycles. The average Bonchev–Trinajstić information content (AvgIpc) is 2.64. The van der Waals surface area contributed by atoms with E-state index in [-0.39, 0.29) is 17.4 Å². The van der Waals surface area contributed by atoms with E-state index >= 15 is 0 Å². The van der Waals surface area contributed by atoms with Gasteiger partial charge >= 0.3 is 7.82 Å². The van der Waals surface area contributed by atoms with Crippen LogP contribution in [0.3, 0.4) is 0 Å². The summed E-state index contributed by atoms with van der Waals surface area (Å²) in [6.45, 7) is 8.39. The van der Waals surface area contributed by atoms with E-state index in [9.17, 15) is 14.4 Å². The molecule has 29 heavy (non-hydrogen) atoms. The summed E-state index contributed by atoms with van der Waals surface area (Å²) in [5.41, 5.74) is -0.670. The van der Waals surface area contributed by atoms with Crippen molar-refractivity contribution in [3.05, 3.63) is 24.3 Å². The molecule has 6 nitrogen and oxygen atoms in total. The topological polar surface area (TPSA) is 107 Å². The molecule has 2 atom stereocenters. The van der Waals surface area contributed by atoms with Crippen molar-refractivity contribution in [3.8, 4) is 11.5 Å². The predicted molar refractivity (Wildman–Crippen MR) is 118 cm³/mol. The van der Waals surface area contributed by atoms with E-state index in [0.29, 0.717) is 6.42 Å². The first-order valence-electron chi connectivity index (χ1n) is 10.9. The van der Waals surface area contributed by atoms with Crippen LogP contribution in [0.4, 0.5) is 0 Å². The molecule has 0 spiro atoms. The van der Waals surface area contributed by atoms with E-state index in [4.69, 9.17) is 14.7 Å². The molecule has 1 rings (SSSR count). The summed E-state index contributed by atoms with van der Waals surface area (Å²) in [7, 11) is -4.46. The predicted octanol–water partition coefficient (Wildman–Crippen LogP) is 6.53. The number of rotatable bonds is 13. The number of hydrogen-bond acceptors (Lipinski definition) is 4. The van der Waals surface area contributed by atoms with Crippen LogP contribution in [-0.2, 0) is 9.09 Å². The van der Waals surface area contributed by atoms with Crippen LogP contribution in [0.15, 0.2) is 24.3 Å². The van der Waals surface area contributed by atoms with Crippen LogP contribution in [0, 0.1) is 5.92 Å². The second kappa shape index (κ2) is 14.8. The van der Waals surface area contributed by atoms with Crippen molar-refractivity contribution in [2.45, 2.75) is 97.5 Å². The Labute approximate surface area is 176 Å². The molecule has 0 bridgehead atoms. The van der Waals surface area contributed by atoms with Gasteiger partial charge in [0.25, 0.3) is 0 Å². The summed E-state index contributed by atoms with van der Waals surface area (Å²) in [6, 6.07) is 5.85. The van der Waals surface area contributed by atoms with Crippen molar-refractivity contribution in [2.75, 3.05) is 0 Å². The van der Waals surface area contributed by atoms with Gasteiger partial charge < -0.3 is 20.0 Å². The van der Waals surface area contributed by atoms with Gasteiger partial charge in [0.2, 0.25) is 0 Å². The van der Waals surface area contributed by atoms with Crippen molar-refractivity contribution in [1.82, 2.24) is 0 Å². The van der Waals surface area contributed by atoms with Crippen LogP contribution in [-0.4, -0.2) is 25.6 Å². The number of hydrogen-bond donors (Lipinski definition) is 4. The van der Waals surface area contributed by atoms with Gasteiger partial charge in [-0.2, -0.15) is 0 Å². The van der Waals surface area contributed by atoms with E-state index in [1.807, 2.05) is 6.92 Å². The molecule has 1 aromatic carbocycles. The Morgan fingerprint density at radius 2 is 1.55 bits per heavy atom. The van der Waals surface area contributed by atoms with Gasteiger partial charge in [-0.15, -0.1) is 0 Å². The zero-order valence-corrected chi connectivity index (χ0v) is 19.4. The van der Waals surface area contributed by atoms with Crippen LogP contribution >= 0.6 is 7.82 Å². The largest absolute Gasteiger partial charge is 0.508 e. The first kappa shape index (κ1) is 27.9. The molecule has 170 valence electrons. The quantitative estimate of drug-likeness (QED) is 0.208. The minimum Gasteiger partial charge on any atom is -0.508 e. The second-order valence-electron chi connectivity index (χ2n) is 7.58.